The van der Waals surface area contributed by atoms with Crippen LogP contribution < -0.4 is 9.47 Å². The van der Waals surface area contributed by atoms with Gasteiger partial charge in [-0.25, -0.2) is 0 Å². The lowest BCUT2D eigenvalue weighted by molar-refractivity contribution is -0.385. The molecule has 10 nitrogen and oxygen atoms in total. The van der Waals surface area contributed by atoms with E-state index in [-0.39, 0.29) is 24.6 Å². The lowest BCUT2D eigenvalue weighted by Gasteiger charge is -2.16. The number of nitrogens with zero attached hydrogens (tertiary/aromatic N) is 3. The van der Waals surface area contributed by atoms with Gasteiger partial charge in [-0.15, -0.1) is 6.58 Å². The number of allylic oxidation sites excluding steroid dienone is 1. The minimum Gasteiger partial charge on any atom is -0.490 e. The highest BCUT2D eigenvalue weighted by atomic mass is 16.6. The molecule has 3 aromatic rings. The van der Waals surface area contributed by atoms with Gasteiger partial charge in [-0.2, -0.15) is 0 Å². The minimum atomic E-state index is -0.466. The number of nitro groups is 2. The van der Waals surface area contributed by atoms with Gasteiger partial charge in [0, 0.05) is 35.4 Å². The second-order valence-electron chi connectivity index (χ2n) is 7.58. The molecule has 0 amide bonds. The van der Waals surface area contributed by atoms with Crippen molar-refractivity contribution < 1.29 is 24.2 Å². The maximum Gasteiger partial charge on any atom is 0.269 e. The van der Waals surface area contributed by atoms with Crippen molar-refractivity contribution in [2.75, 3.05) is 6.61 Å². The van der Waals surface area contributed by atoms with Gasteiger partial charge >= 0.3 is 0 Å². The smallest absolute Gasteiger partial charge is 0.269 e. The molecule has 0 unspecified atom stereocenters. The molecule has 0 aliphatic carbocycles. The SMILES string of the molecule is C=CCc1cc(/C=N\OCc2cccc([N+](=O)[O-])c2)cc(OCC)c1OCc1cccc([N+](=O)[O-])c1. The Hall–Kier alpha value is -4.73. The average Bonchev–Trinajstić information content (AvgIpc) is 2.87. The van der Waals surface area contributed by atoms with Crippen LogP contribution in [0, 0.1) is 20.2 Å². The fraction of sp³-hybridized carbons (Fsp3) is 0.192. The first kappa shape index (κ1) is 25.9. The normalized spacial score (nSPS) is 10.7. The number of hydrogen-bond donors (Lipinski definition) is 0. The Morgan fingerprint density at radius 1 is 0.917 bits per heavy atom. The molecule has 0 aliphatic heterocycles. The van der Waals surface area contributed by atoms with Gasteiger partial charge in [0.1, 0.15) is 13.2 Å². The molecule has 0 fully saturated rings. The van der Waals surface area contributed by atoms with E-state index in [0.29, 0.717) is 41.2 Å². The second-order valence-corrected chi connectivity index (χ2v) is 7.58. The molecule has 10 heteroatoms. The largest absolute Gasteiger partial charge is 0.490 e. The van der Waals surface area contributed by atoms with Crippen LogP contribution in [-0.4, -0.2) is 22.7 Å². The van der Waals surface area contributed by atoms with Crippen molar-refractivity contribution in [2.24, 2.45) is 5.16 Å². The van der Waals surface area contributed by atoms with Crippen LogP contribution in [0.15, 0.2) is 78.5 Å². The summed E-state index contributed by atoms with van der Waals surface area (Å²) in [7, 11) is 0. The number of rotatable bonds is 13. The predicted octanol–water partition coefficient (Wildman–Crippen LogP) is 5.76. The summed E-state index contributed by atoms with van der Waals surface area (Å²) in [6.07, 6.45) is 3.72. The number of oxime groups is 1. The van der Waals surface area contributed by atoms with E-state index in [4.69, 9.17) is 14.3 Å². The Morgan fingerprint density at radius 3 is 2.14 bits per heavy atom. The van der Waals surface area contributed by atoms with Crippen LogP contribution >= 0.6 is 0 Å². The van der Waals surface area contributed by atoms with Crippen LogP contribution in [0.4, 0.5) is 11.4 Å². The first-order valence-electron chi connectivity index (χ1n) is 11.1. The van der Waals surface area contributed by atoms with Gasteiger partial charge < -0.3 is 14.3 Å². The zero-order valence-corrected chi connectivity index (χ0v) is 19.7. The highest BCUT2D eigenvalue weighted by molar-refractivity contribution is 5.81. The Balaban J connectivity index is 1.77. The molecule has 0 atom stereocenters. The van der Waals surface area contributed by atoms with Gasteiger partial charge in [-0.05, 0) is 36.6 Å². The Kier molecular flexibility index (Phi) is 9.10. The Morgan fingerprint density at radius 2 is 1.56 bits per heavy atom. The Bertz CT molecular complexity index is 1270. The molecule has 0 aliphatic rings. The number of non-ortho nitro benzene ring substituents is 2. The van der Waals surface area contributed by atoms with Crippen molar-refractivity contribution in [2.45, 2.75) is 26.6 Å². The summed E-state index contributed by atoms with van der Waals surface area (Å²) >= 11 is 0. The lowest BCUT2D eigenvalue weighted by Crippen LogP contribution is -2.04. The molecule has 0 bridgehead atoms. The predicted molar refractivity (Wildman–Crippen MR) is 134 cm³/mol. The van der Waals surface area contributed by atoms with Gasteiger partial charge in [0.15, 0.2) is 11.5 Å². The van der Waals surface area contributed by atoms with Crippen molar-refractivity contribution in [1.82, 2.24) is 0 Å². The molecule has 0 spiro atoms. The van der Waals surface area contributed by atoms with Crippen molar-refractivity contribution in [3.05, 3.63) is 116 Å². The topological polar surface area (TPSA) is 126 Å². The fourth-order valence-electron chi connectivity index (χ4n) is 3.38. The summed E-state index contributed by atoms with van der Waals surface area (Å²) in [6, 6.07) is 16.0. The van der Waals surface area contributed by atoms with E-state index in [1.807, 2.05) is 13.0 Å². The Labute approximate surface area is 207 Å². The molecule has 0 aromatic heterocycles. The van der Waals surface area contributed by atoms with E-state index in [1.165, 1.54) is 30.5 Å². The van der Waals surface area contributed by atoms with Crippen LogP contribution in [-0.2, 0) is 24.5 Å². The third kappa shape index (κ3) is 7.13. The second kappa shape index (κ2) is 12.7. The molecule has 0 heterocycles. The monoisotopic (exact) mass is 491 g/mol. The van der Waals surface area contributed by atoms with E-state index < -0.39 is 9.85 Å². The first-order chi connectivity index (χ1) is 17.4. The first-order valence-corrected chi connectivity index (χ1v) is 11.1. The molecule has 0 N–H and O–H groups in total. The van der Waals surface area contributed by atoms with Gasteiger partial charge in [0.25, 0.3) is 11.4 Å². The van der Waals surface area contributed by atoms with E-state index >= 15 is 0 Å². The number of hydrogen-bond acceptors (Lipinski definition) is 8. The van der Waals surface area contributed by atoms with Crippen LogP contribution in [0.1, 0.15) is 29.2 Å². The third-order valence-electron chi connectivity index (χ3n) is 4.95. The molecule has 0 radical (unpaired) electrons. The molecular formula is C26H25N3O7. The summed E-state index contributed by atoms with van der Waals surface area (Å²) in [5.74, 6) is 1.00. The highest BCUT2D eigenvalue weighted by Gasteiger charge is 2.14. The summed E-state index contributed by atoms with van der Waals surface area (Å²) < 4.78 is 11.8. The highest BCUT2D eigenvalue weighted by Crippen LogP contribution is 2.34. The van der Waals surface area contributed by atoms with Crippen molar-refractivity contribution >= 4 is 17.6 Å². The molecule has 36 heavy (non-hydrogen) atoms. The average molecular weight is 492 g/mol. The summed E-state index contributed by atoms with van der Waals surface area (Å²) in [5.41, 5.74) is 2.73. The van der Waals surface area contributed by atoms with Crippen LogP contribution in [0.25, 0.3) is 0 Å². The maximum atomic E-state index is 11.1. The van der Waals surface area contributed by atoms with Gasteiger partial charge in [0.05, 0.1) is 22.7 Å². The van der Waals surface area contributed by atoms with E-state index in [1.54, 1.807) is 36.4 Å². The van der Waals surface area contributed by atoms with Gasteiger partial charge in [0.2, 0.25) is 0 Å². The molecule has 3 aromatic carbocycles. The zero-order valence-electron chi connectivity index (χ0n) is 19.7. The van der Waals surface area contributed by atoms with Crippen LogP contribution in [0.3, 0.4) is 0 Å². The van der Waals surface area contributed by atoms with Crippen molar-refractivity contribution in [3.63, 3.8) is 0 Å². The van der Waals surface area contributed by atoms with Gasteiger partial charge in [-0.1, -0.05) is 35.5 Å². The van der Waals surface area contributed by atoms with Gasteiger partial charge in [-0.3, -0.25) is 20.2 Å². The quantitative estimate of drug-likeness (QED) is 0.129. The van der Waals surface area contributed by atoms with Crippen molar-refractivity contribution in [3.8, 4) is 11.5 Å². The maximum absolute atomic E-state index is 11.1. The van der Waals surface area contributed by atoms with Crippen LogP contribution in [0.5, 0.6) is 11.5 Å². The van der Waals surface area contributed by atoms with Crippen molar-refractivity contribution in [1.29, 1.82) is 0 Å². The summed E-state index contributed by atoms with van der Waals surface area (Å²) in [5, 5.41) is 26.0. The lowest BCUT2D eigenvalue weighted by atomic mass is 10.1. The minimum absolute atomic E-state index is 0.0101. The molecule has 3 rings (SSSR count). The molecule has 186 valence electrons. The zero-order chi connectivity index (χ0) is 25.9. The third-order valence-corrected chi connectivity index (χ3v) is 4.95. The molecular weight excluding hydrogens is 466 g/mol. The molecule has 0 saturated carbocycles. The van der Waals surface area contributed by atoms with E-state index in [0.717, 1.165) is 5.56 Å². The van der Waals surface area contributed by atoms with E-state index in [9.17, 15) is 20.2 Å². The van der Waals surface area contributed by atoms with Crippen LogP contribution in [0.2, 0.25) is 0 Å². The fourth-order valence-corrected chi connectivity index (χ4v) is 3.38. The number of ether oxygens (including phenoxy) is 2. The standard InChI is InChI=1S/C26H25N3O7/c1-3-7-22-12-21(16-27-36-18-20-9-6-11-24(14-20)29(32)33)15-25(34-4-2)26(22)35-17-19-8-5-10-23(13-19)28(30)31/h3,5-6,8-16H,1,4,7,17-18H2,2H3/b27-16-. The summed E-state index contributed by atoms with van der Waals surface area (Å²) in [4.78, 5) is 26.4. The number of benzene rings is 3. The summed E-state index contributed by atoms with van der Waals surface area (Å²) in [6.45, 7) is 6.23. The van der Waals surface area contributed by atoms with E-state index in [2.05, 4.69) is 11.7 Å². The number of nitro benzene ring substituents is 2. The molecule has 0 saturated heterocycles.